The van der Waals surface area contributed by atoms with E-state index < -0.39 is 11.3 Å². The Morgan fingerprint density at radius 1 is 1.12 bits per heavy atom. The summed E-state index contributed by atoms with van der Waals surface area (Å²) in [5.41, 5.74) is -0.475. The maximum absolute atomic E-state index is 12.6. The maximum Gasteiger partial charge on any atom is 0.256 e. The molecule has 2 atom stereocenters. The predicted octanol–water partition coefficient (Wildman–Crippen LogP) is 2.34. The van der Waals surface area contributed by atoms with Crippen LogP contribution in [-0.2, 0) is 12.3 Å². The molecule has 0 saturated carbocycles. The molecule has 0 aliphatic carbocycles. The number of hydrogen-bond donors (Lipinski definition) is 2. The number of carbonyl (C=O) groups is 1. The van der Waals surface area contributed by atoms with Crippen molar-refractivity contribution < 1.29 is 15.1 Å². The van der Waals surface area contributed by atoms with Crippen LogP contribution in [0.25, 0.3) is 0 Å². The summed E-state index contributed by atoms with van der Waals surface area (Å²) in [6.45, 7) is 2.50. The van der Waals surface area contributed by atoms with Gasteiger partial charge in [-0.2, -0.15) is 5.06 Å². The number of carbonyl (C=O) groups excluding carboxylic acids is 1. The number of fused-ring (bicyclic) bond motifs is 3. The molecule has 0 radical (unpaired) electrons. The van der Waals surface area contributed by atoms with Gasteiger partial charge in [0.1, 0.15) is 0 Å². The fourth-order valence-electron chi connectivity index (χ4n) is 4.00. The van der Waals surface area contributed by atoms with Crippen molar-refractivity contribution >= 4 is 5.91 Å². The Bertz CT molecular complexity index is 794. The summed E-state index contributed by atoms with van der Waals surface area (Å²) in [4.78, 5) is 14.1. The van der Waals surface area contributed by atoms with Crippen molar-refractivity contribution in [2.24, 2.45) is 0 Å². The molecule has 0 aromatic heterocycles. The molecule has 0 unspecified atom stereocenters. The summed E-state index contributed by atoms with van der Waals surface area (Å²) < 4.78 is 0. The van der Waals surface area contributed by atoms with Gasteiger partial charge in [0, 0.05) is 24.2 Å². The van der Waals surface area contributed by atoms with Crippen LogP contribution in [0.2, 0.25) is 0 Å². The van der Waals surface area contributed by atoms with Crippen LogP contribution in [0.4, 0.5) is 0 Å². The number of hydrogen-bond acceptors (Lipinski definition) is 4. The van der Waals surface area contributed by atoms with Gasteiger partial charge in [-0.1, -0.05) is 48.5 Å². The second-order valence-electron chi connectivity index (χ2n) is 6.74. The summed E-state index contributed by atoms with van der Waals surface area (Å²) in [6.07, 6.45) is 0.493. The molecule has 1 fully saturated rings. The topological polar surface area (TPSA) is 64.0 Å². The maximum atomic E-state index is 12.6. The quantitative estimate of drug-likeness (QED) is 0.851. The minimum atomic E-state index is -1.52. The third-order valence-electron chi connectivity index (χ3n) is 5.49. The van der Waals surface area contributed by atoms with E-state index in [9.17, 15) is 15.1 Å². The van der Waals surface area contributed by atoms with Gasteiger partial charge in [0.25, 0.3) is 5.91 Å². The number of aliphatic hydroxyl groups is 1. The average Bonchev–Trinajstić information content (AvgIpc) is 3.00. The number of nitrogens with zero attached hydrogens (tertiary/aromatic N) is 2. The zero-order valence-electron chi connectivity index (χ0n) is 13.5. The van der Waals surface area contributed by atoms with Gasteiger partial charge in [-0.3, -0.25) is 4.79 Å². The van der Waals surface area contributed by atoms with E-state index in [2.05, 4.69) is 0 Å². The first-order valence-electron chi connectivity index (χ1n) is 8.13. The smallest absolute Gasteiger partial charge is 0.256 e. The summed E-state index contributed by atoms with van der Waals surface area (Å²) in [5.74, 6) is -0.176. The van der Waals surface area contributed by atoms with Crippen LogP contribution < -0.4 is 0 Å². The van der Waals surface area contributed by atoms with Crippen molar-refractivity contribution in [2.45, 2.75) is 31.2 Å². The molecule has 2 aliphatic heterocycles. The van der Waals surface area contributed by atoms with E-state index in [1.54, 1.807) is 18.2 Å². The third-order valence-corrected chi connectivity index (χ3v) is 5.49. The Morgan fingerprint density at radius 2 is 1.79 bits per heavy atom. The second kappa shape index (κ2) is 5.14. The first-order valence-corrected chi connectivity index (χ1v) is 8.13. The molecule has 24 heavy (non-hydrogen) atoms. The first kappa shape index (κ1) is 15.3. The molecule has 2 N–H and O–H groups in total. The van der Waals surface area contributed by atoms with Gasteiger partial charge in [0.2, 0.25) is 0 Å². The number of benzene rings is 2. The van der Waals surface area contributed by atoms with Crippen LogP contribution in [0.3, 0.4) is 0 Å². The lowest BCUT2D eigenvalue weighted by atomic mass is 9.83. The van der Waals surface area contributed by atoms with Gasteiger partial charge in [-0.05, 0) is 25.0 Å². The normalized spacial score (nSPS) is 28.3. The lowest BCUT2D eigenvalue weighted by molar-refractivity contribution is -0.252. The van der Waals surface area contributed by atoms with Gasteiger partial charge in [-0.25, -0.2) is 0 Å². The highest BCUT2D eigenvalue weighted by molar-refractivity contribution is 6.00. The van der Waals surface area contributed by atoms with Gasteiger partial charge in [0.15, 0.2) is 5.72 Å². The van der Waals surface area contributed by atoms with Crippen molar-refractivity contribution in [3.63, 3.8) is 0 Å². The lowest BCUT2D eigenvalue weighted by Crippen LogP contribution is -2.59. The van der Waals surface area contributed by atoms with E-state index in [0.29, 0.717) is 24.1 Å². The summed E-state index contributed by atoms with van der Waals surface area (Å²) in [7, 11) is 0. The fraction of sp³-hybridized carbons (Fsp3) is 0.316. The number of rotatable bonds is 3. The van der Waals surface area contributed by atoms with Gasteiger partial charge in [0.05, 0.1) is 5.54 Å². The molecule has 1 amide bonds. The first-order chi connectivity index (χ1) is 11.5. The average molecular weight is 324 g/mol. The number of hydroxylamine groups is 2. The molecule has 124 valence electrons. The molecule has 2 aromatic rings. The van der Waals surface area contributed by atoms with Crippen molar-refractivity contribution in [1.29, 1.82) is 0 Å². The predicted molar refractivity (Wildman–Crippen MR) is 88.2 cm³/mol. The second-order valence-corrected chi connectivity index (χ2v) is 6.74. The molecule has 5 heteroatoms. The van der Waals surface area contributed by atoms with Crippen LogP contribution in [0.5, 0.6) is 0 Å². The third kappa shape index (κ3) is 1.83. The zero-order valence-corrected chi connectivity index (χ0v) is 13.5. The minimum Gasteiger partial charge on any atom is -0.365 e. The van der Waals surface area contributed by atoms with Gasteiger partial charge < -0.3 is 15.2 Å². The Morgan fingerprint density at radius 3 is 2.54 bits per heavy atom. The van der Waals surface area contributed by atoms with E-state index in [-0.39, 0.29) is 12.5 Å². The Labute approximate surface area is 140 Å². The molecule has 5 nitrogen and oxygen atoms in total. The van der Waals surface area contributed by atoms with Crippen molar-refractivity contribution in [3.8, 4) is 0 Å². The molecule has 0 bridgehead atoms. The van der Waals surface area contributed by atoms with E-state index >= 15 is 0 Å². The molecule has 4 rings (SSSR count). The Hall–Kier alpha value is -2.21. The van der Waals surface area contributed by atoms with Crippen LogP contribution in [-0.4, -0.2) is 38.3 Å². The standard InChI is InChI=1S/C19H20N2O3/c1-18(21(24)13-14-7-3-2-4-8-14)11-12-20-17(22)15-9-5-6-10-16(15)19(18,20)23/h2-10,23-24H,11-13H2,1H3/t18-,19-/m1/s1. The highest BCUT2D eigenvalue weighted by atomic mass is 16.5. The van der Waals surface area contributed by atoms with Gasteiger partial charge in [-0.15, -0.1) is 0 Å². The highest BCUT2D eigenvalue weighted by Gasteiger charge is 2.65. The monoisotopic (exact) mass is 324 g/mol. The van der Waals surface area contributed by atoms with Crippen molar-refractivity contribution in [2.75, 3.05) is 6.54 Å². The fourth-order valence-corrected chi connectivity index (χ4v) is 4.00. The van der Waals surface area contributed by atoms with Crippen LogP contribution in [0.1, 0.15) is 34.8 Å². The minimum absolute atomic E-state index is 0.176. The van der Waals surface area contributed by atoms with Crippen LogP contribution >= 0.6 is 0 Å². The Kier molecular flexibility index (Phi) is 3.28. The molecule has 1 saturated heterocycles. The van der Waals surface area contributed by atoms with E-state index in [1.165, 1.54) is 9.96 Å². The van der Waals surface area contributed by atoms with Crippen LogP contribution in [0, 0.1) is 0 Å². The van der Waals surface area contributed by atoms with E-state index in [4.69, 9.17) is 0 Å². The molecule has 2 aliphatic rings. The largest absolute Gasteiger partial charge is 0.365 e. The summed E-state index contributed by atoms with van der Waals surface area (Å²) in [5, 5.41) is 23.5. The summed E-state index contributed by atoms with van der Waals surface area (Å²) in [6, 6.07) is 16.7. The zero-order chi connectivity index (χ0) is 16.9. The van der Waals surface area contributed by atoms with E-state index in [1.807, 2.05) is 43.3 Å². The van der Waals surface area contributed by atoms with Crippen molar-refractivity contribution in [1.82, 2.24) is 9.96 Å². The van der Waals surface area contributed by atoms with E-state index in [0.717, 1.165) is 5.56 Å². The SMILES string of the molecule is C[C@@]1(N(O)Cc2ccccc2)CCN2C(=O)c3ccccc3[C@]21O. The highest BCUT2D eigenvalue weighted by Crippen LogP contribution is 2.52. The molecule has 2 heterocycles. The van der Waals surface area contributed by atoms with Crippen LogP contribution in [0.15, 0.2) is 54.6 Å². The molecular formula is C19H20N2O3. The molecule has 0 spiro atoms. The van der Waals surface area contributed by atoms with Gasteiger partial charge >= 0.3 is 0 Å². The molecule has 2 aromatic carbocycles. The lowest BCUT2D eigenvalue weighted by Gasteiger charge is -2.44. The Balaban J connectivity index is 1.75. The van der Waals surface area contributed by atoms with Crippen molar-refractivity contribution in [3.05, 3.63) is 71.3 Å². The molecular weight excluding hydrogens is 304 g/mol. The number of amides is 1. The summed E-state index contributed by atoms with van der Waals surface area (Å²) >= 11 is 0.